The van der Waals surface area contributed by atoms with Gasteiger partial charge in [0.15, 0.2) is 12.6 Å². The Labute approximate surface area is 330 Å². The van der Waals surface area contributed by atoms with Crippen LogP contribution in [0.1, 0.15) is 87.0 Å². The van der Waals surface area contributed by atoms with E-state index >= 15 is 0 Å². The summed E-state index contributed by atoms with van der Waals surface area (Å²) in [6, 6.07) is 0. The van der Waals surface area contributed by atoms with Gasteiger partial charge in [-0.05, 0) is 81.0 Å². The standard InChI is InChI=1S/C42H68O14/c1-20(2)16-23(53-36-34(50)32(48)30(46)24(17-43)54-36)29(45)21(3)22-10-12-40(7)26-11-13-42-27(41(26,19-52-42)15-14-39(22,40)6)8-9-28(38(42,4)5)56-37-35(51)33(49)31(47)25(18-44)55-37/h11,13,16,21-37,43-51H,8-10,12,14-15,17-19H2,1-7H3/t21-,22+,23-,24+,25+,26-,27-,28-,29-,30+,31+,32+,33+,34+,35+,36+,37-,39+,40-,41-,42+/m0/s1. The first-order valence-electron chi connectivity index (χ1n) is 20.8. The van der Waals surface area contributed by atoms with Crippen LogP contribution in [0.25, 0.3) is 0 Å². The number of aliphatic hydroxyl groups is 9. The highest BCUT2D eigenvalue weighted by atomic mass is 16.7. The third-order valence-electron chi connectivity index (χ3n) is 16.7. The van der Waals surface area contributed by atoms with Crippen molar-refractivity contribution in [2.75, 3.05) is 19.8 Å². The van der Waals surface area contributed by atoms with Gasteiger partial charge < -0.3 is 69.6 Å². The molecule has 4 aliphatic carbocycles. The van der Waals surface area contributed by atoms with E-state index in [4.69, 9.17) is 23.7 Å². The van der Waals surface area contributed by atoms with Crippen molar-refractivity contribution in [2.24, 2.45) is 45.3 Å². The van der Waals surface area contributed by atoms with E-state index in [1.54, 1.807) is 6.08 Å². The molecule has 3 saturated carbocycles. The summed E-state index contributed by atoms with van der Waals surface area (Å²) in [5.74, 6) is 0.350. The maximum absolute atomic E-state index is 12.1. The molecule has 6 fully saturated rings. The zero-order valence-corrected chi connectivity index (χ0v) is 34.0. The summed E-state index contributed by atoms with van der Waals surface area (Å²) in [6.07, 6.45) is -4.44. The van der Waals surface area contributed by atoms with E-state index in [9.17, 15) is 46.0 Å². The van der Waals surface area contributed by atoms with Crippen molar-refractivity contribution in [1.82, 2.24) is 0 Å². The number of hydrogen-bond acceptors (Lipinski definition) is 14. The minimum Gasteiger partial charge on any atom is -0.394 e. The van der Waals surface area contributed by atoms with Crippen molar-refractivity contribution in [3.63, 3.8) is 0 Å². The van der Waals surface area contributed by atoms with E-state index in [-0.39, 0.29) is 39.9 Å². The number of rotatable bonds is 10. The summed E-state index contributed by atoms with van der Waals surface area (Å²) in [5.41, 5.74) is -0.667. The van der Waals surface area contributed by atoms with Gasteiger partial charge in [0, 0.05) is 16.7 Å². The summed E-state index contributed by atoms with van der Waals surface area (Å²) < 4.78 is 31.2. The van der Waals surface area contributed by atoms with Gasteiger partial charge >= 0.3 is 0 Å². The van der Waals surface area contributed by atoms with E-state index in [1.807, 2.05) is 13.8 Å². The summed E-state index contributed by atoms with van der Waals surface area (Å²) >= 11 is 0. The Bertz CT molecular complexity index is 1480. The monoisotopic (exact) mass is 796 g/mol. The molecule has 1 spiro atoms. The molecule has 9 N–H and O–H groups in total. The quantitative estimate of drug-likeness (QED) is 0.140. The molecular weight excluding hydrogens is 728 g/mol. The molecule has 56 heavy (non-hydrogen) atoms. The fourth-order valence-corrected chi connectivity index (χ4v) is 13.1. The molecule has 3 aliphatic heterocycles. The molecule has 3 saturated heterocycles. The normalized spacial score (nSPS) is 52.4. The van der Waals surface area contributed by atoms with Crippen LogP contribution in [0.4, 0.5) is 0 Å². The second kappa shape index (κ2) is 15.1. The molecule has 0 amide bonds. The molecule has 0 unspecified atom stereocenters. The van der Waals surface area contributed by atoms with Crippen molar-refractivity contribution in [2.45, 2.75) is 172 Å². The lowest BCUT2D eigenvalue weighted by Crippen LogP contribution is -2.66. The maximum Gasteiger partial charge on any atom is 0.187 e. The summed E-state index contributed by atoms with van der Waals surface area (Å²) in [5, 5.41) is 94.7. The topological polar surface area (TPSA) is 228 Å². The van der Waals surface area contributed by atoms with Crippen molar-refractivity contribution < 1.29 is 69.6 Å². The van der Waals surface area contributed by atoms with Crippen molar-refractivity contribution in [3.05, 3.63) is 23.8 Å². The van der Waals surface area contributed by atoms with Gasteiger partial charge in [-0.2, -0.15) is 0 Å². The molecule has 0 aromatic rings. The lowest BCUT2D eigenvalue weighted by molar-refractivity contribution is -0.329. The first kappa shape index (κ1) is 43.0. The SMILES string of the molecule is CC(C)=C[C@H](O[C@@H]1O[C@H](CO)[C@@H](O)[C@@H](O)[C@H]1O)[C@@H](O)[C@@H](C)[C@H]1CC[C@@]2(C)[C@@H]3C=C[C@@]45OC[C@]3(CC[C@]12C)[C@@H]4CC[C@H](O[C@@H]1O[C@H](CO)[C@@H](O)[C@@H](O)[C@H]1O)C5(C)C. The van der Waals surface area contributed by atoms with Crippen LogP contribution < -0.4 is 0 Å². The molecule has 0 aromatic carbocycles. The second-order valence-corrected chi connectivity index (χ2v) is 19.7. The minimum atomic E-state index is -1.59. The van der Waals surface area contributed by atoms with Crippen molar-refractivity contribution in [1.29, 1.82) is 0 Å². The second-order valence-electron chi connectivity index (χ2n) is 19.7. The summed E-state index contributed by atoms with van der Waals surface area (Å²) in [6.45, 7) is 14.4. The maximum atomic E-state index is 12.1. The van der Waals surface area contributed by atoms with Crippen LogP contribution in [-0.4, -0.2) is 151 Å². The number of aliphatic hydroxyl groups excluding tert-OH is 9. The third-order valence-corrected chi connectivity index (χ3v) is 16.7. The fraction of sp³-hybridized carbons (Fsp3) is 0.905. The Kier molecular flexibility index (Phi) is 11.6. The average Bonchev–Trinajstić information content (AvgIpc) is 3.56. The van der Waals surface area contributed by atoms with Crippen LogP contribution >= 0.6 is 0 Å². The van der Waals surface area contributed by atoms with Crippen molar-refractivity contribution in [3.8, 4) is 0 Å². The van der Waals surface area contributed by atoms with Gasteiger partial charge in [-0.15, -0.1) is 0 Å². The Morgan fingerprint density at radius 1 is 0.786 bits per heavy atom. The van der Waals surface area contributed by atoms with Gasteiger partial charge in [-0.1, -0.05) is 58.4 Å². The first-order chi connectivity index (χ1) is 26.2. The molecule has 3 heterocycles. The van der Waals surface area contributed by atoms with Gasteiger partial charge in [-0.25, -0.2) is 0 Å². The molecule has 7 rings (SSSR count). The third kappa shape index (κ3) is 6.18. The van der Waals surface area contributed by atoms with E-state index in [0.29, 0.717) is 13.0 Å². The van der Waals surface area contributed by atoms with Crippen LogP contribution in [-0.2, 0) is 23.7 Å². The predicted molar refractivity (Wildman–Crippen MR) is 200 cm³/mol. The van der Waals surface area contributed by atoms with E-state index < -0.39 is 104 Å². The average molecular weight is 797 g/mol. The number of ether oxygens (including phenoxy) is 5. The highest BCUT2D eigenvalue weighted by molar-refractivity contribution is 5.34. The predicted octanol–water partition coefficient (Wildman–Crippen LogP) is 0.914. The highest BCUT2D eigenvalue weighted by Crippen LogP contribution is 2.77. The molecule has 0 aromatic heterocycles. The minimum absolute atomic E-state index is 0.109. The Balaban J connectivity index is 1.11. The lowest BCUT2D eigenvalue weighted by atomic mass is 9.38. The Morgan fingerprint density at radius 3 is 2.00 bits per heavy atom. The smallest absolute Gasteiger partial charge is 0.187 e. The van der Waals surface area contributed by atoms with Crippen LogP contribution in [0.5, 0.6) is 0 Å². The molecule has 7 aliphatic rings. The highest BCUT2D eigenvalue weighted by Gasteiger charge is 2.76. The zero-order chi connectivity index (χ0) is 40.9. The largest absolute Gasteiger partial charge is 0.394 e. The summed E-state index contributed by atoms with van der Waals surface area (Å²) in [7, 11) is 0. The van der Waals surface area contributed by atoms with E-state index in [1.165, 1.54) is 0 Å². The molecule has 21 atom stereocenters. The first-order valence-corrected chi connectivity index (χ1v) is 20.8. The van der Waals surface area contributed by atoms with Crippen LogP contribution in [0, 0.1) is 45.3 Å². The van der Waals surface area contributed by atoms with E-state index in [2.05, 4.69) is 46.8 Å². The zero-order valence-electron chi connectivity index (χ0n) is 34.0. The lowest BCUT2D eigenvalue weighted by Gasteiger charge is -2.65. The number of fused-ring (bicyclic) bond motifs is 2. The van der Waals surface area contributed by atoms with Gasteiger partial charge in [0.25, 0.3) is 0 Å². The number of hydrogen-bond donors (Lipinski definition) is 9. The van der Waals surface area contributed by atoms with E-state index in [0.717, 1.165) is 37.7 Å². The van der Waals surface area contributed by atoms with Crippen LogP contribution in [0.15, 0.2) is 23.8 Å². The van der Waals surface area contributed by atoms with Crippen LogP contribution in [0.3, 0.4) is 0 Å². The van der Waals surface area contributed by atoms with Crippen molar-refractivity contribution >= 4 is 0 Å². The summed E-state index contributed by atoms with van der Waals surface area (Å²) in [4.78, 5) is 0. The van der Waals surface area contributed by atoms with Crippen LogP contribution in [0.2, 0.25) is 0 Å². The molecule has 2 bridgehead atoms. The molecule has 14 nitrogen and oxygen atoms in total. The molecular formula is C42H68O14. The molecule has 0 radical (unpaired) electrons. The molecule has 320 valence electrons. The fourth-order valence-electron chi connectivity index (χ4n) is 13.1. The molecule has 14 heteroatoms. The van der Waals surface area contributed by atoms with Gasteiger partial charge in [0.05, 0.1) is 37.6 Å². The Hall–Kier alpha value is -1.08. The van der Waals surface area contributed by atoms with Gasteiger partial charge in [0.2, 0.25) is 0 Å². The van der Waals surface area contributed by atoms with Gasteiger partial charge in [-0.3, -0.25) is 0 Å². The Morgan fingerprint density at radius 2 is 1.39 bits per heavy atom. The number of allylic oxidation sites excluding steroid dienone is 2. The van der Waals surface area contributed by atoms with Gasteiger partial charge in [0.1, 0.15) is 54.9 Å².